The fourth-order valence-electron chi connectivity index (χ4n) is 1.37. The van der Waals surface area contributed by atoms with Gasteiger partial charge in [0, 0.05) is 0 Å². The molecule has 0 saturated carbocycles. The monoisotopic (exact) mass is 187 g/mol. The van der Waals surface area contributed by atoms with Crippen molar-refractivity contribution in [2.45, 2.75) is 6.92 Å². The van der Waals surface area contributed by atoms with Crippen molar-refractivity contribution in [3.63, 3.8) is 0 Å². The molecule has 1 aromatic heterocycles. The number of benzene rings is 1. The van der Waals surface area contributed by atoms with Crippen LogP contribution in [0.3, 0.4) is 0 Å². The van der Waals surface area contributed by atoms with Crippen molar-refractivity contribution in [3.8, 4) is 0 Å². The minimum absolute atomic E-state index is 0.884. The summed E-state index contributed by atoms with van der Waals surface area (Å²) < 4.78 is 0. The van der Waals surface area contributed by atoms with Crippen LogP contribution in [0, 0.1) is 11.8 Å². The van der Waals surface area contributed by atoms with Crippen LogP contribution < -0.4 is 0 Å². The van der Waals surface area contributed by atoms with Gasteiger partial charge in [-0.15, -0.1) is 4.91 Å². The second kappa shape index (κ2) is 3.41. The first-order valence-corrected chi connectivity index (χ1v) is 4.25. The Balaban J connectivity index is 2.50. The summed E-state index contributed by atoms with van der Waals surface area (Å²) in [4.78, 5) is 17.3. The van der Waals surface area contributed by atoms with Gasteiger partial charge in [-0.05, 0) is 35.9 Å². The van der Waals surface area contributed by atoms with E-state index in [2.05, 4.69) is 15.1 Å². The summed E-state index contributed by atoms with van der Waals surface area (Å²) in [5.41, 5.74) is 2.83. The van der Waals surface area contributed by atoms with Crippen molar-refractivity contribution in [2.24, 2.45) is 5.18 Å². The molecule has 0 unspecified atom stereocenters. The highest BCUT2D eigenvalue weighted by molar-refractivity contribution is 5.78. The molecule has 2 rings (SSSR count). The lowest BCUT2D eigenvalue weighted by molar-refractivity contribution is 1.17. The van der Waals surface area contributed by atoms with E-state index in [1.807, 2.05) is 25.1 Å². The van der Waals surface area contributed by atoms with Gasteiger partial charge in [0.05, 0.1) is 17.2 Å². The van der Waals surface area contributed by atoms with E-state index in [-0.39, 0.29) is 0 Å². The van der Waals surface area contributed by atoms with Gasteiger partial charge in [0.2, 0.25) is 0 Å². The van der Waals surface area contributed by atoms with Crippen LogP contribution in [0.4, 0.5) is 0 Å². The van der Waals surface area contributed by atoms with E-state index in [1.54, 1.807) is 6.08 Å². The van der Waals surface area contributed by atoms with E-state index >= 15 is 0 Å². The van der Waals surface area contributed by atoms with Gasteiger partial charge in [-0.25, -0.2) is 4.98 Å². The molecular weight excluding hydrogens is 178 g/mol. The first-order chi connectivity index (χ1) is 6.79. The van der Waals surface area contributed by atoms with Gasteiger partial charge in [-0.3, -0.25) is 0 Å². The third-order valence-corrected chi connectivity index (χ3v) is 1.95. The smallest absolute Gasteiger partial charge is 0.104 e. The fraction of sp³-hybridized carbons (Fsp3) is 0.100. The van der Waals surface area contributed by atoms with Crippen molar-refractivity contribution in [1.82, 2.24) is 9.97 Å². The highest BCUT2D eigenvalue weighted by atomic mass is 16.2. The minimum atomic E-state index is 0.884. The molecule has 0 bridgehead atoms. The number of aromatic amines is 1. The molecule has 14 heavy (non-hydrogen) atoms. The number of aryl methyl sites for hydroxylation is 1. The van der Waals surface area contributed by atoms with E-state index in [0.29, 0.717) is 0 Å². The Bertz CT molecular complexity index is 499. The predicted octanol–water partition coefficient (Wildman–Crippen LogP) is 2.61. The average molecular weight is 187 g/mol. The first kappa shape index (κ1) is 8.62. The van der Waals surface area contributed by atoms with E-state index in [0.717, 1.165) is 22.4 Å². The first-order valence-electron chi connectivity index (χ1n) is 4.25. The van der Waals surface area contributed by atoms with Crippen molar-refractivity contribution in [1.29, 1.82) is 0 Å². The van der Waals surface area contributed by atoms with Crippen LogP contribution in [0.25, 0.3) is 17.1 Å². The van der Waals surface area contributed by atoms with Gasteiger partial charge in [0.15, 0.2) is 0 Å². The topological polar surface area (TPSA) is 58.1 Å². The maximum Gasteiger partial charge on any atom is 0.104 e. The van der Waals surface area contributed by atoms with Crippen molar-refractivity contribution >= 4 is 17.1 Å². The molecule has 0 fully saturated rings. The molecule has 70 valence electrons. The lowest BCUT2D eigenvalue weighted by atomic mass is 10.2. The number of aromatic nitrogens is 2. The fourth-order valence-corrected chi connectivity index (χ4v) is 1.37. The number of nitrogens with zero attached hydrogens (tertiary/aromatic N) is 2. The number of fused-ring (bicyclic) bond motifs is 1. The zero-order valence-corrected chi connectivity index (χ0v) is 7.69. The van der Waals surface area contributed by atoms with Gasteiger partial charge < -0.3 is 4.98 Å². The lowest BCUT2D eigenvalue weighted by Gasteiger charge is -1.91. The number of nitrogens with one attached hydrogen (secondary N) is 1. The number of nitroso groups, excluding NO2 is 1. The van der Waals surface area contributed by atoms with Crippen LogP contribution in [0.15, 0.2) is 29.6 Å². The van der Waals surface area contributed by atoms with Crippen LogP contribution in [-0.2, 0) is 0 Å². The summed E-state index contributed by atoms with van der Waals surface area (Å²) in [7, 11) is 0. The number of hydrogen-bond acceptors (Lipinski definition) is 3. The van der Waals surface area contributed by atoms with Crippen LogP contribution in [0.2, 0.25) is 0 Å². The Kier molecular flexibility index (Phi) is 2.10. The summed E-state index contributed by atoms with van der Waals surface area (Å²) in [6.45, 7) is 1.91. The number of rotatable bonds is 2. The molecule has 0 amide bonds. The molecule has 2 aromatic rings. The predicted molar refractivity (Wildman–Crippen MR) is 55.7 cm³/mol. The third-order valence-electron chi connectivity index (χ3n) is 1.95. The Hall–Kier alpha value is -1.97. The molecule has 0 aliphatic carbocycles. The van der Waals surface area contributed by atoms with Crippen LogP contribution in [0.1, 0.15) is 11.4 Å². The van der Waals surface area contributed by atoms with Gasteiger partial charge in [-0.1, -0.05) is 6.07 Å². The second-order valence-corrected chi connectivity index (χ2v) is 3.02. The maximum absolute atomic E-state index is 9.89. The standard InChI is InChI=1S/C10H9N3O/c1-7-12-9-3-2-8(4-5-11-14)6-10(9)13-7/h2-6H,1H3,(H,12,13)/b5-4+. The van der Waals surface area contributed by atoms with Gasteiger partial charge >= 0.3 is 0 Å². The van der Waals surface area contributed by atoms with Crippen molar-refractivity contribution in [3.05, 3.63) is 40.7 Å². The van der Waals surface area contributed by atoms with E-state index in [1.165, 1.54) is 6.20 Å². The molecule has 4 nitrogen and oxygen atoms in total. The number of imidazole rings is 1. The molecule has 0 atom stereocenters. The molecule has 1 N–H and O–H groups in total. The van der Waals surface area contributed by atoms with E-state index < -0.39 is 0 Å². The quantitative estimate of drug-likeness (QED) is 0.734. The Morgan fingerprint density at radius 2 is 2.36 bits per heavy atom. The highest BCUT2D eigenvalue weighted by Gasteiger charge is 1.98. The summed E-state index contributed by atoms with van der Waals surface area (Å²) >= 11 is 0. The lowest BCUT2D eigenvalue weighted by Crippen LogP contribution is -1.72. The molecular formula is C10H9N3O. The molecule has 0 radical (unpaired) electrons. The zero-order valence-electron chi connectivity index (χ0n) is 7.69. The Morgan fingerprint density at radius 1 is 1.50 bits per heavy atom. The molecule has 1 aromatic carbocycles. The van der Waals surface area contributed by atoms with E-state index in [4.69, 9.17) is 0 Å². The SMILES string of the molecule is Cc1nc2ccc(/C=C/N=O)cc2[nH]1. The third kappa shape index (κ3) is 1.54. The molecule has 4 heteroatoms. The second-order valence-electron chi connectivity index (χ2n) is 3.02. The van der Waals surface area contributed by atoms with Gasteiger partial charge in [-0.2, -0.15) is 0 Å². The summed E-state index contributed by atoms with van der Waals surface area (Å²) in [6, 6.07) is 5.73. The molecule has 0 saturated heterocycles. The van der Waals surface area contributed by atoms with Gasteiger partial charge in [0.25, 0.3) is 0 Å². The average Bonchev–Trinajstić information content (AvgIpc) is 2.54. The molecule has 0 aliphatic rings. The molecule has 0 aliphatic heterocycles. The summed E-state index contributed by atoms with van der Waals surface area (Å²) in [5.74, 6) is 0.884. The maximum atomic E-state index is 9.89. The summed E-state index contributed by atoms with van der Waals surface area (Å²) in [6.07, 6.45) is 2.88. The Morgan fingerprint density at radius 3 is 3.14 bits per heavy atom. The van der Waals surface area contributed by atoms with Crippen LogP contribution >= 0.6 is 0 Å². The molecule has 1 heterocycles. The largest absolute Gasteiger partial charge is 0.342 e. The van der Waals surface area contributed by atoms with Crippen LogP contribution in [0.5, 0.6) is 0 Å². The Labute approximate surface area is 80.6 Å². The summed E-state index contributed by atoms with van der Waals surface area (Å²) in [5, 5.41) is 2.66. The minimum Gasteiger partial charge on any atom is -0.342 e. The zero-order chi connectivity index (χ0) is 9.97. The van der Waals surface area contributed by atoms with Gasteiger partial charge in [0.1, 0.15) is 5.82 Å². The van der Waals surface area contributed by atoms with E-state index in [9.17, 15) is 4.91 Å². The normalized spacial score (nSPS) is 11.2. The highest BCUT2D eigenvalue weighted by Crippen LogP contribution is 2.14. The van der Waals surface area contributed by atoms with Crippen LogP contribution in [-0.4, -0.2) is 9.97 Å². The molecule has 0 spiro atoms. The number of hydrogen-bond donors (Lipinski definition) is 1. The van der Waals surface area contributed by atoms with Crippen molar-refractivity contribution < 1.29 is 0 Å². The number of H-pyrrole nitrogens is 1. The van der Waals surface area contributed by atoms with Crippen molar-refractivity contribution in [2.75, 3.05) is 0 Å².